The Labute approximate surface area is 210 Å². The van der Waals surface area contributed by atoms with E-state index >= 15 is 0 Å². The molecule has 2 fully saturated rings. The van der Waals surface area contributed by atoms with E-state index in [0.29, 0.717) is 34.4 Å². The van der Waals surface area contributed by atoms with E-state index in [1.165, 1.54) is 34.1 Å². The lowest BCUT2D eigenvalue weighted by Crippen LogP contribution is -2.42. The van der Waals surface area contributed by atoms with Crippen molar-refractivity contribution in [1.29, 1.82) is 0 Å². The van der Waals surface area contributed by atoms with Gasteiger partial charge in [0, 0.05) is 31.3 Å². The number of nitrogens with zero attached hydrogens (tertiary/aromatic N) is 2. The number of carbonyl (C=O) groups excluding carboxylic acids is 3. The van der Waals surface area contributed by atoms with Crippen LogP contribution in [0.2, 0.25) is 10.0 Å². The van der Waals surface area contributed by atoms with Gasteiger partial charge in [-0.1, -0.05) is 29.3 Å². The van der Waals surface area contributed by atoms with E-state index in [9.17, 15) is 23.9 Å². The molecule has 2 atom stereocenters. The van der Waals surface area contributed by atoms with Crippen LogP contribution in [0.4, 0.5) is 15.8 Å². The van der Waals surface area contributed by atoms with Crippen molar-refractivity contribution >= 4 is 58.4 Å². The highest BCUT2D eigenvalue weighted by Gasteiger charge is 2.38. The standard InChI is InChI=1S/C24H22Cl2FN3O5/c25-17-4-1-14(9-18(17)26)2-6-22(32)30-12-16(31)11-21(30)24(34)28-20-5-3-15(10-19(20)27)29-7-8-35-13-23(29)33/h1-6,9-10,16,21,31H,7-8,11-13H2,(H,28,34)/b6-2+/t16-,21-/m1/s1. The van der Waals surface area contributed by atoms with Gasteiger partial charge in [-0.25, -0.2) is 4.39 Å². The minimum absolute atomic E-state index is 0.0141. The van der Waals surface area contributed by atoms with Crippen LogP contribution in [0.1, 0.15) is 12.0 Å². The van der Waals surface area contributed by atoms with E-state index < -0.39 is 29.8 Å². The van der Waals surface area contributed by atoms with E-state index in [1.54, 1.807) is 18.2 Å². The van der Waals surface area contributed by atoms with Crippen LogP contribution in [0, 0.1) is 5.82 Å². The Morgan fingerprint density at radius 1 is 1.17 bits per heavy atom. The normalized spacial score (nSPS) is 20.5. The summed E-state index contributed by atoms with van der Waals surface area (Å²) < 4.78 is 19.8. The summed E-state index contributed by atoms with van der Waals surface area (Å²) in [5.41, 5.74) is 0.892. The van der Waals surface area contributed by atoms with Crippen LogP contribution in [-0.2, 0) is 19.1 Å². The Morgan fingerprint density at radius 3 is 2.69 bits per heavy atom. The van der Waals surface area contributed by atoms with Gasteiger partial charge in [0.1, 0.15) is 18.5 Å². The topological polar surface area (TPSA) is 99.2 Å². The summed E-state index contributed by atoms with van der Waals surface area (Å²) in [7, 11) is 0. The minimum atomic E-state index is -0.990. The van der Waals surface area contributed by atoms with Gasteiger partial charge in [0.2, 0.25) is 11.8 Å². The van der Waals surface area contributed by atoms with Crippen LogP contribution in [0.5, 0.6) is 0 Å². The zero-order chi connectivity index (χ0) is 25.1. The van der Waals surface area contributed by atoms with Crippen molar-refractivity contribution in [2.45, 2.75) is 18.6 Å². The molecule has 0 radical (unpaired) electrons. The molecule has 0 spiro atoms. The van der Waals surface area contributed by atoms with Crippen molar-refractivity contribution in [1.82, 2.24) is 4.90 Å². The molecular formula is C24H22Cl2FN3O5. The Morgan fingerprint density at radius 2 is 1.97 bits per heavy atom. The van der Waals surface area contributed by atoms with Gasteiger partial charge in [-0.3, -0.25) is 14.4 Å². The number of β-amino-alcohol motifs (C(OH)–C–C–N with tert-alkyl or cyclic N) is 1. The van der Waals surface area contributed by atoms with E-state index in [-0.39, 0.29) is 31.2 Å². The maximum atomic E-state index is 14.7. The number of carbonyl (C=O) groups is 3. The minimum Gasteiger partial charge on any atom is -0.391 e. The zero-order valence-electron chi connectivity index (χ0n) is 18.4. The molecule has 35 heavy (non-hydrogen) atoms. The second kappa shape index (κ2) is 10.7. The average molecular weight is 522 g/mol. The summed E-state index contributed by atoms with van der Waals surface area (Å²) >= 11 is 11.9. The second-order valence-corrected chi connectivity index (χ2v) is 8.97. The highest BCUT2D eigenvalue weighted by Crippen LogP contribution is 2.26. The summed E-state index contributed by atoms with van der Waals surface area (Å²) in [6.07, 6.45) is 1.91. The Hall–Kier alpha value is -2.98. The molecule has 2 saturated heterocycles. The Bertz CT molecular complexity index is 1190. The summed E-state index contributed by atoms with van der Waals surface area (Å²) in [5.74, 6) is -2.14. The van der Waals surface area contributed by atoms with Gasteiger partial charge >= 0.3 is 0 Å². The van der Waals surface area contributed by atoms with Crippen LogP contribution in [0.15, 0.2) is 42.5 Å². The highest BCUT2D eigenvalue weighted by atomic mass is 35.5. The summed E-state index contributed by atoms with van der Waals surface area (Å²) in [5, 5.41) is 13.3. The van der Waals surface area contributed by atoms with Crippen LogP contribution in [-0.4, -0.2) is 66.2 Å². The van der Waals surface area contributed by atoms with Gasteiger partial charge in [0.15, 0.2) is 0 Å². The van der Waals surface area contributed by atoms with Crippen LogP contribution in [0.25, 0.3) is 6.08 Å². The third-order valence-electron chi connectivity index (χ3n) is 5.73. The Balaban J connectivity index is 1.45. The van der Waals surface area contributed by atoms with Gasteiger partial charge in [-0.15, -0.1) is 0 Å². The molecule has 2 aliphatic rings. The van der Waals surface area contributed by atoms with E-state index in [4.69, 9.17) is 27.9 Å². The number of likely N-dealkylation sites (tertiary alicyclic amines) is 1. The largest absolute Gasteiger partial charge is 0.391 e. The molecule has 2 aromatic rings. The molecule has 3 amide bonds. The quantitative estimate of drug-likeness (QED) is 0.589. The molecule has 184 valence electrons. The first kappa shape index (κ1) is 25.1. The molecule has 2 aromatic carbocycles. The van der Waals surface area contributed by atoms with Crippen LogP contribution < -0.4 is 10.2 Å². The van der Waals surface area contributed by atoms with Gasteiger partial charge in [0.25, 0.3) is 5.91 Å². The van der Waals surface area contributed by atoms with Gasteiger partial charge in [0.05, 0.1) is 28.4 Å². The van der Waals surface area contributed by atoms with Crippen molar-refractivity contribution in [3.63, 3.8) is 0 Å². The van der Waals surface area contributed by atoms with Crippen molar-refractivity contribution in [2.24, 2.45) is 0 Å². The van der Waals surface area contributed by atoms with Crippen molar-refractivity contribution in [3.05, 3.63) is 63.9 Å². The van der Waals surface area contributed by atoms with Gasteiger partial charge in [-0.05, 0) is 42.0 Å². The van der Waals surface area contributed by atoms with Crippen LogP contribution in [0.3, 0.4) is 0 Å². The number of hydrogen-bond donors (Lipinski definition) is 2. The monoisotopic (exact) mass is 521 g/mol. The maximum absolute atomic E-state index is 14.7. The third-order valence-corrected chi connectivity index (χ3v) is 6.47. The smallest absolute Gasteiger partial charge is 0.253 e. The Kier molecular flexibility index (Phi) is 7.71. The lowest BCUT2D eigenvalue weighted by atomic mass is 10.1. The highest BCUT2D eigenvalue weighted by molar-refractivity contribution is 6.42. The molecule has 0 bridgehead atoms. The lowest BCUT2D eigenvalue weighted by Gasteiger charge is -2.27. The molecule has 0 aromatic heterocycles. The number of benzene rings is 2. The van der Waals surface area contributed by atoms with Crippen molar-refractivity contribution < 1.29 is 28.6 Å². The van der Waals surface area contributed by atoms with Gasteiger partial charge < -0.3 is 25.0 Å². The number of hydrogen-bond acceptors (Lipinski definition) is 5. The number of morpholine rings is 1. The lowest BCUT2D eigenvalue weighted by molar-refractivity contribution is -0.132. The molecule has 4 rings (SSSR count). The second-order valence-electron chi connectivity index (χ2n) is 8.15. The molecule has 0 aliphatic carbocycles. The van der Waals surface area contributed by atoms with E-state index in [1.807, 2.05) is 0 Å². The summed E-state index contributed by atoms with van der Waals surface area (Å²) in [6.45, 7) is 0.534. The molecule has 2 N–H and O–H groups in total. The number of amides is 3. The molecule has 11 heteroatoms. The molecule has 0 saturated carbocycles. The van der Waals surface area contributed by atoms with Gasteiger partial charge in [-0.2, -0.15) is 0 Å². The zero-order valence-corrected chi connectivity index (χ0v) is 19.9. The number of ether oxygens (including phenoxy) is 1. The van der Waals surface area contributed by atoms with Crippen molar-refractivity contribution in [2.75, 3.05) is 36.5 Å². The fourth-order valence-electron chi connectivity index (χ4n) is 3.97. The first-order valence-corrected chi connectivity index (χ1v) is 11.6. The first-order chi connectivity index (χ1) is 16.7. The predicted octanol–water partition coefficient (Wildman–Crippen LogP) is 3.11. The maximum Gasteiger partial charge on any atom is 0.253 e. The number of anilines is 2. The van der Waals surface area contributed by atoms with Crippen molar-refractivity contribution in [3.8, 4) is 0 Å². The molecule has 2 aliphatic heterocycles. The van der Waals surface area contributed by atoms with E-state index in [0.717, 1.165) is 6.07 Å². The number of aliphatic hydroxyl groups excluding tert-OH is 1. The number of nitrogens with one attached hydrogen (secondary N) is 1. The third kappa shape index (κ3) is 5.82. The molecule has 8 nitrogen and oxygen atoms in total. The number of aliphatic hydroxyl groups is 1. The number of halogens is 3. The fraction of sp³-hybridized carbons (Fsp3) is 0.292. The SMILES string of the molecule is O=C(Nc1ccc(N2CCOCC2=O)cc1F)[C@H]1C[C@@H](O)CN1C(=O)/C=C/c1ccc(Cl)c(Cl)c1. The summed E-state index contributed by atoms with van der Waals surface area (Å²) in [6, 6.07) is 7.91. The van der Waals surface area contributed by atoms with E-state index in [2.05, 4.69) is 5.32 Å². The summed E-state index contributed by atoms with van der Waals surface area (Å²) in [4.78, 5) is 40.3. The fourth-order valence-corrected chi connectivity index (χ4v) is 4.27. The molecular weight excluding hydrogens is 500 g/mol. The average Bonchev–Trinajstić information content (AvgIpc) is 3.23. The first-order valence-electron chi connectivity index (χ1n) is 10.8. The number of rotatable bonds is 5. The molecule has 2 heterocycles. The van der Waals surface area contributed by atoms with Crippen LogP contribution >= 0.6 is 23.2 Å². The predicted molar refractivity (Wildman–Crippen MR) is 130 cm³/mol. The molecule has 0 unspecified atom stereocenters.